The molecule has 2 nitrogen and oxygen atoms in total. The predicted octanol–water partition coefficient (Wildman–Crippen LogP) is 0.259. The molecule has 0 amide bonds. The van der Waals surface area contributed by atoms with Crippen LogP contribution in [0.5, 0.6) is 0 Å². The molecule has 3 heteroatoms. The van der Waals surface area contributed by atoms with Crippen molar-refractivity contribution in [3.8, 4) is 0 Å². The zero-order chi connectivity index (χ0) is 6.43. The van der Waals surface area contributed by atoms with Crippen LogP contribution in [0.25, 0.3) is 0 Å². The zero-order valence-corrected chi connectivity index (χ0v) is 5.33. The average molecular weight is 126 g/mol. The Morgan fingerprint density at radius 2 is 1.89 bits per heavy atom. The Labute approximate surface area is 55.0 Å². The number of hydrogen-bond donors (Lipinski definition) is 2. The molecular weight excluding hydrogens is 115 g/mol. The van der Waals surface area contributed by atoms with Crippen molar-refractivity contribution in [3.05, 3.63) is 0 Å². The Morgan fingerprint density at radius 1 is 1.22 bits per heavy atom. The molecule has 0 aromatic heterocycles. The van der Waals surface area contributed by atoms with Gasteiger partial charge in [-0.3, -0.25) is 0 Å². The van der Waals surface area contributed by atoms with Crippen LogP contribution in [0.15, 0.2) is 0 Å². The van der Waals surface area contributed by atoms with Crippen molar-refractivity contribution in [1.82, 2.24) is 0 Å². The topological polar surface area (TPSA) is 40.5 Å². The van der Waals surface area contributed by atoms with E-state index < -0.39 is 7.12 Å². The van der Waals surface area contributed by atoms with Gasteiger partial charge in [0.05, 0.1) is 0 Å². The standard InChI is InChI=1S/C6H11BO2/c8-7(9)6-3-5(6)4-1-2-4/h4-6,8-9H,1-3H2. The van der Waals surface area contributed by atoms with E-state index in [-0.39, 0.29) is 5.82 Å². The molecule has 2 rings (SSSR count). The zero-order valence-electron chi connectivity index (χ0n) is 5.33. The largest absolute Gasteiger partial charge is 0.455 e. The van der Waals surface area contributed by atoms with Crippen molar-refractivity contribution >= 4 is 7.12 Å². The van der Waals surface area contributed by atoms with Gasteiger partial charge in [-0.05, 0) is 36.9 Å². The van der Waals surface area contributed by atoms with E-state index in [2.05, 4.69) is 0 Å². The molecule has 2 atom stereocenters. The fourth-order valence-corrected chi connectivity index (χ4v) is 1.64. The van der Waals surface area contributed by atoms with Gasteiger partial charge >= 0.3 is 7.12 Å². The van der Waals surface area contributed by atoms with E-state index in [1.54, 1.807) is 0 Å². The molecule has 2 unspecified atom stereocenters. The minimum atomic E-state index is -1.03. The van der Waals surface area contributed by atoms with Crippen molar-refractivity contribution < 1.29 is 10.0 Å². The summed E-state index contributed by atoms with van der Waals surface area (Å²) in [6, 6.07) is 0. The molecule has 2 N–H and O–H groups in total. The lowest BCUT2D eigenvalue weighted by molar-refractivity contribution is 0.398. The first-order valence-corrected chi connectivity index (χ1v) is 3.65. The molecule has 2 fully saturated rings. The number of rotatable bonds is 2. The highest BCUT2D eigenvalue weighted by molar-refractivity contribution is 6.44. The van der Waals surface area contributed by atoms with Crippen LogP contribution < -0.4 is 0 Å². The third-order valence-electron chi connectivity index (χ3n) is 2.50. The molecule has 50 valence electrons. The average Bonchev–Trinajstić information content (AvgIpc) is 2.60. The van der Waals surface area contributed by atoms with E-state index in [1.165, 1.54) is 12.8 Å². The highest BCUT2D eigenvalue weighted by Crippen LogP contribution is 2.58. The lowest BCUT2D eigenvalue weighted by atomic mass is 9.81. The molecule has 0 bridgehead atoms. The van der Waals surface area contributed by atoms with Gasteiger partial charge in [0.2, 0.25) is 0 Å². The molecule has 2 aliphatic rings. The maximum atomic E-state index is 8.69. The first-order valence-electron chi connectivity index (χ1n) is 3.65. The van der Waals surface area contributed by atoms with Crippen LogP contribution in [0.1, 0.15) is 19.3 Å². The van der Waals surface area contributed by atoms with Crippen LogP contribution in [-0.2, 0) is 0 Å². The van der Waals surface area contributed by atoms with Crippen LogP contribution >= 0.6 is 0 Å². The Hall–Kier alpha value is -0.0151. The molecule has 0 aromatic rings. The number of hydrogen-bond acceptors (Lipinski definition) is 2. The van der Waals surface area contributed by atoms with Crippen molar-refractivity contribution in [2.75, 3.05) is 0 Å². The Balaban J connectivity index is 1.81. The van der Waals surface area contributed by atoms with Crippen LogP contribution in [0.3, 0.4) is 0 Å². The van der Waals surface area contributed by atoms with Gasteiger partial charge in [0.25, 0.3) is 0 Å². The van der Waals surface area contributed by atoms with Crippen molar-refractivity contribution in [1.29, 1.82) is 0 Å². The SMILES string of the molecule is OB(O)C1CC1C1CC1. The molecule has 0 aliphatic heterocycles. The first kappa shape index (κ1) is 5.75. The van der Waals surface area contributed by atoms with Crippen LogP contribution in [0, 0.1) is 11.8 Å². The lowest BCUT2D eigenvalue weighted by Crippen LogP contribution is -2.11. The summed E-state index contributed by atoms with van der Waals surface area (Å²) in [6.45, 7) is 0. The van der Waals surface area contributed by atoms with Gasteiger partial charge < -0.3 is 10.0 Å². The van der Waals surface area contributed by atoms with E-state index in [0.29, 0.717) is 5.92 Å². The van der Waals surface area contributed by atoms with E-state index in [0.717, 1.165) is 12.3 Å². The normalized spacial score (nSPS) is 40.7. The van der Waals surface area contributed by atoms with E-state index >= 15 is 0 Å². The van der Waals surface area contributed by atoms with Crippen molar-refractivity contribution in [3.63, 3.8) is 0 Å². The minimum Gasteiger partial charge on any atom is -0.427 e. The van der Waals surface area contributed by atoms with Gasteiger partial charge in [-0.2, -0.15) is 0 Å². The quantitative estimate of drug-likeness (QED) is 0.521. The minimum absolute atomic E-state index is 0.234. The second-order valence-electron chi connectivity index (χ2n) is 3.31. The summed E-state index contributed by atoms with van der Waals surface area (Å²) in [5.74, 6) is 1.76. The van der Waals surface area contributed by atoms with Gasteiger partial charge in [-0.1, -0.05) is 0 Å². The van der Waals surface area contributed by atoms with E-state index in [1.807, 2.05) is 0 Å². The Morgan fingerprint density at radius 3 is 2.22 bits per heavy atom. The molecule has 0 aromatic carbocycles. The summed E-state index contributed by atoms with van der Waals surface area (Å²) in [7, 11) is -1.03. The summed E-state index contributed by atoms with van der Waals surface area (Å²) in [6.07, 6.45) is 3.71. The summed E-state index contributed by atoms with van der Waals surface area (Å²) in [4.78, 5) is 0. The van der Waals surface area contributed by atoms with Gasteiger partial charge in [0, 0.05) is 0 Å². The molecule has 2 aliphatic carbocycles. The lowest BCUT2D eigenvalue weighted by Gasteiger charge is -1.92. The van der Waals surface area contributed by atoms with E-state index in [4.69, 9.17) is 10.0 Å². The molecule has 0 saturated heterocycles. The highest BCUT2D eigenvalue weighted by Gasteiger charge is 2.52. The summed E-state index contributed by atoms with van der Waals surface area (Å²) < 4.78 is 0. The first-order chi connectivity index (χ1) is 4.29. The second kappa shape index (κ2) is 1.73. The van der Waals surface area contributed by atoms with Gasteiger partial charge in [0.1, 0.15) is 0 Å². The van der Waals surface area contributed by atoms with Gasteiger partial charge in [-0.25, -0.2) is 0 Å². The third kappa shape index (κ3) is 0.991. The summed E-state index contributed by atoms with van der Waals surface area (Å²) in [5.41, 5.74) is 0. The summed E-state index contributed by atoms with van der Waals surface area (Å²) >= 11 is 0. The van der Waals surface area contributed by atoms with Crippen LogP contribution in [-0.4, -0.2) is 17.2 Å². The van der Waals surface area contributed by atoms with E-state index in [9.17, 15) is 0 Å². The van der Waals surface area contributed by atoms with Crippen LogP contribution in [0.2, 0.25) is 5.82 Å². The fraction of sp³-hybridized carbons (Fsp3) is 1.00. The maximum absolute atomic E-state index is 8.69. The highest BCUT2D eigenvalue weighted by atomic mass is 16.4. The van der Waals surface area contributed by atoms with Crippen molar-refractivity contribution in [2.24, 2.45) is 11.8 Å². The van der Waals surface area contributed by atoms with Crippen LogP contribution in [0.4, 0.5) is 0 Å². The molecule has 0 spiro atoms. The Kier molecular flexibility index (Phi) is 1.11. The van der Waals surface area contributed by atoms with Gasteiger partial charge in [-0.15, -0.1) is 0 Å². The van der Waals surface area contributed by atoms with Gasteiger partial charge in [0.15, 0.2) is 0 Å². The predicted molar refractivity (Wildman–Crippen MR) is 34.8 cm³/mol. The second-order valence-corrected chi connectivity index (χ2v) is 3.31. The van der Waals surface area contributed by atoms with Crippen molar-refractivity contribution in [2.45, 2.75) is 25.1 Å². The monoisotopic (exact) mass is 126 g/mol. The molecule has 0 radical (unpaired) electrons. The molecule has 9 heavy (non-hydrogen) atoms. The fourth-order valence-electron chi connectivity index (χ4n) is 1.64. The molecule has 0 heterocycles. The summed E-state index contributed by atoms with van der Waals surface area (Å²) in [5, 5.41) is 17.4. The molecular formula is C6H11BO2. The maximum Gasteiger partial charge on any atom is 0.455 e. The Bertz CT molecular complexity index is 116. The smallest absolute Gasteiger partial charge is 0.427 e. The third-order valence-corrected chi connectivity index (χ3v) is 2.50. The molecule has 2 saturated carbocycles.